The number of nitrogens with one attached hydrogen (secondary N) is 2. The van der Waals surface area contributed by atoms with Crippen LogP contribution in [0.2, 0.25) is 0 Å². The molecule has 23 heavy (non-hydrogen) atoms. The lowest BCUT2D eigenvalue weighted by Crippen LogP contribution is -3.41. The average Bonchev–Trinajstić information content (AvgIpc) is 2.51. The van der Waals surface area contributed by atoms with Crippen LogP contribution < -0.4 is 9.80 Å². The third-order valence-electron chi connectivity index (χ3n) is 7.56. The smallest absolute Gasteiger partial charge is 0.240 e. The molecule has 4 saturated heterocycles. The van der Waals surface area contributed by atoms with Gasteiger partial charge in [0.05, 0.1) is 48.7 Å². The number of aliphatic hydroxyl groups excluding tert-OH is 1. The van der Waals surface area contributed by atoms with E-state index >= 15 is 0 Å². The van der Waals surface area contributed by atoms with Crippen LogP contribution in [0.4, 0.5) is 0 Å². The molecule has 0 spiro atoms. The van der Waals surface area contributed by atoms with E-state index in [9.17, 15) is 5.11 Å². The van der Waals surface area contributed by atoms with Gasteiger partial charge in [0.15, 0.2) is 0 Å². The molecule has 4 bridgehead atoms. The molecule has 0 atom stereocenters. The third-order valence-corrected chi connectivity index (χ3v) is 7.56. The van der Waals surface area contributed by atoms with Crippen molar-refractivity contribution in [2.24, 2.45) is 22.7 Å². The van der Waals surface area contributed by atoms with Crippen LogP contribution in [-0.4, -0.2) is 37.4 Å². The molecule has 0 aromatic heterocycles. The van der Waals surface area contributed by atoms with E-state index < -0.39 is 0 Å². The quantitative estimate of drug-likeness (QED) is 0.728. The van der Waals surface area contributed by atoms with Crippen LogP contribution in [0, 0.1) is 22.7 Å². The van der Waals surface area contributed by atoms with Gasteiger partial charge in [0.25, 0.3) is 0 Å². The fourth-order valence-electron chi connectivity index (χ4n) is 6.16. The molecule has 4 heterocycles. The monoisotopic (exact) mass is 316 g/mol. The van der Waals surface area contributed by atoms with Crippen molar-refractivity contribution < 1.29 is 14.9 Å². The van der Waals surface area contributed by atoms with Gasteiger partial charge in [-0.3, -0.25) is 9.80 Å². The zero-order valence-electron chi connectivity index (χ0n) is 15.0. The van der Waals surface area contributed by atoms with Gasteiger partial charge in [-0.15, -0.1) is 0 Å². The van der Waals surface area contributed by atoms with Crippen molar-refractivity contribution in [3.8, 4) is 0 Å². The number of hydrogen-bond donors (Lipinski definition) is 3. The van der Waals surface area contributed by atoms with Gasteiger partial charge in [-0.1, -0.05) is 45.9 Å². The Balaban J connectivity index is 1.78. The van der Waals surface area contributed by atoms with Crippen molar-refractivity contribution in [1.82, 2.24) is 0 Å². The number of rotatable bonds is 3. The lowest BCUT2D eigenvalue weighted by Gasteiger charge is -2.66. The average molecular weight is 316 g/mol. The zero-order valence-corrected chi connectivity index (χ0v) is 15.0. The molecule has 0 amide bonds. The molecule has 126 valence electrons. The molecule has 5 rings (SSSR count). The van der Waals surface area contributed by atoms with Crippen LogP contribution in [0.25, 0.3) is 0 Å². The molecule has 4 aliphatic rings. The van der Waals surface area contributed by atoms with Crippen LogP contribution in [0.15, 0.2) is 30.3 Å². The molecule has 0 saturated carbocycles. The van der Waals surface area contributed by atoms with E-state index in [1.54, 1.807) is 9.80 Å². The summed E-state index contributed by atoms with van der Waals surface area (Å²) in [6.07, 6.45) is 0.418. The van der Waals surface area contributed by atoms with Crippen LogP contribution in [0.5, 0.6) is 0 Å². The van der Waals surface area contributed by atoms with E-state index in [1.807, 2.05) is 0 Å². The van der Waals surface area contributed by atoms with Gasteiger partial charge in [-0.25, -0.2) is 0 Å². The van der Waals surface area contributed by atoms with Crippen molar-refractivity contribution in [3.05, 3.63) is 35.9 Å². The first-order valence-corrected chi connectivity index (χ1v) is 9.33. The molecule has 1 aromatic rings. The summed E-state index contributed by atoms with van der Waals surface area (Å²) in [5.41, 5.74) is 1.66. The highest BCUT2D eigenvalue weighted by atomic mass is 16.3. The molecular formula is C20H32N2O+2. The summed E-state index contributed by atoms with van der Waals surface area (Å²) in [6.45, 7) is 13.8. The summed E-state index contributed by atoms with van der Waals surface area (Å²) in [6, 6.07) is 11.1. The Morgan fingerprint density at radius 3 is 1.70 bits per heavy atom. The molecular weight excluding hydrogens is 284 g/mol. The number of quaternary nitrogens is 2. The Kier molecular flexibility index (Phi) is 3.43. The van der Waals surface area contributed by atoms with Crippen LogP contribution in [0.3, 0.4) is 0 Å². The highest BCUT2D eigenvalue weighted by Crippen LogP contribution is 2.48. The molecule has 1 aromatic carbocycles. The summed E-state index contributed by atoms with van der Waals surface area (Å²) in [7, 11) is 0. The minimum absolute atomic E-state index is 0.0940. The van der Waals surface area contributed by atoms with Gasteiger partial charge >= 0.3 is 0 Å². The maximum atomic E-state index is 11.4. The van der Waals surface area contributed by atoms with Gasteiger partial charge in [0.2, 0.25) is 6.17 Å². The Morgan fingerprint density at radius 1 is 0.870 bits per heavy atom. The number of aliphatic hydroxyl groups is 1. The SMILES string of the molecule is CC(C)C12C[NH+]3CC(C(C)C)(C[NH+](C1)C3c1ccccc1)C2O. The van der Waals surface area contributed by atoms with Crippen LogP contribution >= 0.6 is 0 Å². The molecule has 3 nitrogen and oxygen atoms in total. The first-order chi connectivity index (χ1) is 10.9. The van der Waals surface area contributed by atoms with Crippen LogP contribution in [0.1, 0.15) is 39.4 Å². The number of benzene rings is 1. The molecule has 0 unspecified atom stereocenters. The van der Waals surface area contributed by atoms with Crippen molar-refractivity contribution in [1.29, 1.82) is 0 Å². The van der Waals surface area contributed by atoms with E-state index in [0.29, 0.717) is 18.0 Å². The second-order valence-electron chi connectivity index (χ2n) is 9.05. The predicted molar refractivity (Wildman–Crippen MR) is 91.1 cm³/mol. The molecule has 0 radical (unpaired) electrons. The highest BCUT2D eigenvalue weighted by molar-refractivity contribution is 5.17. The van der Waals surface area contributed by atoms with Crippen molar-refractivity contribution >= 4 is 0 Å². The van der Waals surface area contributed by atoms with E-state index in [0.717, 1.165) is 26.2 Å². The van der Waals surface area contributed by atoms with Crippen LogP contribution in [-0.2, 0) is 0 Å². The second kappa shape index (κ2) is 5.05. The Hall–Kier alpha value is -0.900. The van der Waals surface area contributed by atoms with Crippen molar-refractivity contribution in [3.63, 3.8) is 0 Å². The summed E-state index contributed by atoms with van der Waals surface area (Å²) in [4.78, 5) is 3.41. The third kappa shape index (κ3) is 1.93. The van der Waals surface area contributed by atoms with Gasteiger partial charge in [-0.05, 0) is 24.0 Å². The van der Waals surface area contributed by atoms with Gasteiger partial charge in [-0.2, -0.15) is 0 Å². The van der Waals surface area contributed by atoms with Gasteiger partial charge in [0, 0.05) is 0 Å². The minimum Gasteiger partial charge on any atom is -0.391 e. The first kappa shape index (κ1) is 15.6. The van der Waals surface area contributed by atoms with E-state index in [4.69, 9.17) is 0 Å². The summed E-state index contributed by atoms with van der Waals surface area (Å²) in [5.74, 6) is 1.08. The van der Waals surface area contributed by atoms with E-state index in [-0.39, 0.29) is 16.9 Å². The molecule has 4 fully saturated rings. The standard InChI is InChI=1S/C20H30N2O/c1-14(2)19-10-21-12-20(15(3)4,18(19)23)13-22(11-19)17(21)16-8-6-5-7-9-16/h5-9,14-15,17-18,23H,10-13H2,1-4H3/p+2. The highest BCUT2D eigenvalue weighted by Gasteiger charge is 2.72. The summed E-state index contributed by atoms with van der Waals surface area (Å²) < 4.78 is 0. The zero-order chi connectivity index (χ0) is 16.4. The number of piperidine rings is 2. The Bertz CT molecular complexity index is 539. The summed E-state index contributed by atoms with van der Waals surface area (Å²) >= 11 is 0. The van der Waals surface area contributed by atoms with Crippen molar-refractivity contribution in [2.75, 3.05) is 26.2 Å². The molecule has 0 aliphatic carbocycles. The predicted octanol–water partition coefficient (Wildman–Crippen LogP) is 0.142. The molecule has 3 N–H and O–H groups in total. The first-order valence-electron chi connectivity index (χ1n) is 9.33. The normalized spacial score (nSPS) is 45.2. The number of hydrogen-bond acceptors (Lipinski definition) is 1. The van der Waals surface area contributed by atoms with E-state index in [1.165, 1.54) is 5.56 Å². The van der Waals surface area contributed by atoms with Gasteiger partial charge < -0.3 is 5.11 Å². The minimum atomic E-state index is -0.140. The van der Waals surface area contributed by atoms with Crippen molar-refractivity contribution in [2.45, 2.75) is 40.0 Å². The van der Waals surface area contributed by atoms with Gasteiger partial charge in [0.1, 0.15) is 0 Å². The summed E-state index contributed by atoms with van der Waals surface area (Å²) in [5, 5.41) is 11.4. The lowest BCUT2D eigenvalue weighted by atomic mass is 9.52. The largest absolute Gasteiger partial charge is 0.391 e. The maximum Gasteiger partial charge on any atom is 0.240 e. The lowest BCUT2D eigenvalue weighted by molar-refractivity contribution is -1.19. The molecule has 4 aliphatic heterocycles. The van der Waals surface area contributed by atoms with E-state index in [2.05, 4.69) is 58.0 Å². The Morgan fingerprint density at radius 2 is 1.30 bits per heavy atom. The fraction of sp³-hybridized carbons (Fsp3) is 0.700. The fourth-order valence-corrected chi connectivity index (χ4v) is 6.16. The Labute approximate surface area is 140 Å². The molecule has 3 heteroatoms. The second-order valence-corrected chi connectivity index (χ2v) is 9.05. The maximum absolute atomic E-state index is 11.4. The topological polar surface area (TPSA) is 29.1 Å².